The molecule has 0 radical (unpaired) electrons. The van der Waals surface area contributed by atoms with Gasteiger partial charge in [-0.15, -0.1) is 6.58 Å². The summed E-state index contributed by atoms with van der Waals surface area (Å²) in [7, 11) is 0. The van der Waals surface area contributed by atoms with Crippen LogP contribution in [0.15, 0.2) is 30.4 Å². The standard InChI is InChI=1S/C16H22N2O2/c1-12(2)10-14(18-8-6-17-7-9-18)13-4-3-5-15-16(13)20-11-19-15/h3-5,14,17H,1,6-11H2,2H3/t14-/m1/s1. The summed E-state index contributed by atoms with van der Waals surface area (Å²) in [6, 6.07) is 6.51. The molecule has 3 rings (SSSR count). The normalized spacial score (nSPS) is 19.9. The fourth-order valence-corrected chi connectivity index (χ4v) is 2.97. The highest BCUT2D eigenvalue weighted by atomic mass is 16.7. The second kappa shape index (κ2) is 5.85. The Morgan fingerprint density at radius 1 is 1.35 bits per heavy atom. The quantitative estimate of drug-likeness (QED) is 0.854. The van der Waals surface area contributed by atoms with Crippen molar-refractivity contribution in [1.82, 2.24) is 10.2 Å². The number of fused-ring (bicyclic) bond motifs is 1. The molecule has 1 aromatic carbocycles. The molecule has 1 N–H and O–H groups in total. The van der Waals surface area contributed by atoms with Crippen LogP contribution in [0.25, 0.3) is 0 Å². The molecule has 0 amide bonds. The highest BCUT2D eigenvalue weighted by Crippen LogP contribution is 2.42. The number of nitrogens with zero attached hydrogens (tertiary/aromatic N) is 1. The second-order valence-electron chi connectivity index (χ2n) is 5.54. The summed E-state index contributed by atoms with van der Waals surface area (Å²) in [5.74, 6) is 1.78. The first-order valence-corrected chi connectivity index (χ1v) is 7.23. The van der Waals surface area contributed by atoms with E-state index in [4.69, 9.17) is 9.47 Å². The molecule has 2 aliphatic heterocycles. The van der Waals surface area contributed by atoms with Gasteiger partial charge in [0, 0.05) is 37.8 Å². The maximum Gasteiger partial charge on any atom is 0.231 e. The molecule has 0 unspecified atom stereocenters. The third kappa shape index (κ3) is 2.67. The van der Waals surface area contributed by atoms with E-state index in [9.17, 15) is 0 Å². The van der Waals surface area contributed by atoms with Crippen LogP contribution in [0.2, 0.25) is 0 Å². The Labute approximate surface area is 120 Å². The molecule has 4 heteroatoms. The lowest BCUT2D eigenvalue weighted by Crippen LogP contribution is -2.45. The van der Waals surface area contributed by atoms with Crippen molar-refractivity contribution in [3.63, 3.8) is 0 Å². The molecular formula is C16H22N2O2. The number of hydrogen-bond donors (Lipinski definition) is 1. The summed E-state index contributed by atoms with van der Waals surface area (Å²) >= 11 is 0. The Bertz CT molecular complexity index is 495. The Hall–Kier alpha value is -1.52. The molecule has 0 spiro atoms. The van der Waals surface area contributed by atoms with E-state index in [0.717, 1.165) is 44.1 Å². The summed E-state index contributed by atoms with van der Waals surface area (Å²) in [5, 5.41) is 3.41. The van der Waals surface area contributed by atoms with Gasteiger partial charge >= 0.3 is 0 Å². The van der Waals surface area contributed by atoms with Crippen molar-refractivity contribution >= 4 is 0 Å². The van der Waals surface area contributed by atoms with Gasteiger partial charge in [0.2, 0.25) is 6.79 Å². The van der Waals surface area contributed by atoms with Gasteiger partial charge in [-0.25, -0.2) is 0 Å². The maximum atomic E-state index is 5.69. The van der Waals surface area contributed by atoms with Gasteiger partial charge in [0.25, 0.3) is 0 Å². The topological polar surface area (TPSA) is 33.7 Å². The predicted molar refractivity (Wildman–Crippen MR) is 79.2 cm³/mol. The first-order chi connectivity index (χ1) is 9.75. The van der Waals surface area contributed by atoms with Gasteiger partial charge in [-0.2, -0.15) is 0 Å². The minimum absolute atomic E-state index is 0.325. The summed E-state index contributed by atoms with van der Waals surface area (Å²) in [6.45, 7) is 10.7. The van der Waals surface area contributed by atoms with Gasteiger partial charge in [0.1, 0.15) is 0 Å². The van der Waals surface area contributed by atoms with Gasteiger partial charge in [0.05, 0.1) is 0 Å². The van der Waals surface area contributed by atoms with E-state index in [1.807, 2.05) is 6.07 Å². The van der Waals surface area contributed by atoms with Crippen LogP contribution in [0.5, 0.6) is 11.5 Å². The average Bonchev–Trinajstić information content (AvgIpc) is 2.94. The van der Waals surface area contributed by atoms with Crippen LogP contribution >= 0.6 is 0 Å². The molecule has 20 heavy (non-hydrogen) atoms. The predicted octanol–water partition coefficient (Wildman–Crippen LogP) is 2.33. The van der Waals surface area contributed by atoms with Gasteiger partial charge in [0.15, 0.2) is 11.5 Å². The summed E-state index contributed by atoms with van der Waals surface area (Å²) < 4.78 is 11.2. The monoisotopic (exact) mass is 274 g/mol. The molecule has 2 heterocycles. The Kier molecular flexibility index (Phi) is 3.94. The van der Waals surface area contributed by atoms with Crippen molar-refractivity contribution in [2.45, 2.75) is 19.4 Å². The molecule has 0 saturated carbocycles. The van der Waals surface area contributed by atoms with Crippen LogP contribution in [0, 0.1) is 0 Å². The largest absolute Gasteiger partial charge is 0.454 e. The highest BCUT2D eigenvalue weighted by Gasteiger charge is 2.28. The fourth-order valence-electron chi connectivity index (χ4n) is 2.97. The molecule has 1 atom stereocenters. The van der Waals surface area contributed by atoms with E-state index in [2.05, 4.69) is 35.9 Å². The van der Waals surface area contributed by atoms with Crippen LogP contribution in [0.1, 0.15) is 24.9 Å². The third-order valence-corrected chi connectivity index (χ3v) is 3.92. The SMILES string of the molecule is C=C(C)C[C@H](c1cccc2c1OCO2)N1CCNCC1. The molecule has 2 aliphatic rings. The number of para-hydroxylation sites is 1. The zero-order valence-corrected chi connectivity index (χ0v) is 12.0. The molecule has 108 valence electrons. The number of rotatable bonds is 4. The van der Waals surface area contributed by atoms with Crippen LogP contribution in [0.3, 0.4) is 0 Å². The van der Waals surface area contributed by atoms with Crippen LogP contribution < -0.4 is 14.8 Å². The molecule has 0 aromatic heterocycles. The summed E-state index contributed by atoms with van der Waals surface area (Å²) in [6.07, 6.45) is 0.958. The molecule has 4 nitrogen and oxygen atoms in total. The van der Waals surface area contributed by atoms with Crippen LogP contribution in [0.4, 0.5) is 0 Å². The zero-order valence-electron chi connectivity index (χ0n) is 12.0. The van der Waals surface area contributed by atoms with Crippen LogP contribution in [-0.2, 0) is 0 Å². The van der Waals surface area contributed by atoms with Crippen molar-refractivity contribution in [1.29, 1.82) is 0 Å². The highest BCUT2D eigenvalue weighted by molar-refractivity contribution is 5.49. The van der Waals surface area contributed by atoms with E-state index in [0.29, 0.717) is 12.8 Å². The molecule has 0 aliphatic carbocycles. The van der Waals surface area contributed by atoms with Gasteiger partial charge < -0.3 is 14.8 Å². The fraction of sp³-hybridized carbons (Fsp3) is 0.500. The summed E-state index contributed by atoms with van der Waals surface area (Å²) in [5.41, 5.74) is 2.43. The lowest BCUT2D eigenvalue weighted by molar-refractivity contribution is 0.158. The van der Waals surface area contributed by atoms with E-state index >= 15 is 0 Å². The summed E-state index contributed by atoms with van der Waals surface area (Å²) in [4.78, 5) is 2.52. The van der Waals surface area contributed by atoms with Crippen LogP contribution in [-0.4, -0.2) is 37.9 Å². The number of benzene rings is 1. The first-order valence-electron chi connectivity index (χ1n) is 7.23. The van der Waals surface area contributed by atoms with Gasteiger partial charge in [-0.05, 0) is 19.4 Å². The Balaban J connectivity index is 1.92. The lowest BCUT2D eigenvalue weighted by Gasteiger charge is -2.35. The van der Waals surface area contributed by atoms with Gasteiger partial charge in [-0.1, -0.05) is 17.7 Å². The van der Waals surface area contributed by atoms with Crippen molar-refractivity contribution in [3.05, 3.63) is 35.9 Å². The number of ether oxygens (including phenoxy) is 2. The van der Waals surface area contributed by atoms with E-state index in [1.54, 1.807) is 0 Å². The third-order valence-electron chi connectivity index (χ3n) is 3.92. The molecule has 1 aromatic rings. The Morgan fingerprint density at radius 2 is 2.15 bits per heavy atom. The van der Waals surface area contributed by atoms with Crippen molar-refractivity contribution in [3.8, 4) is 11.5 Å². The zero-order chi connectivity index (χ0) is 13.9. The molecule has 0 bridgehead atoms. The van der Waals surface area contributed by atoms with Crippen molar-refractivity contribution < 1.29 is 9.47 Å². The molecule has 1 fully saturated rings. The van der Waals surface area contributed by atoms with E-state index in [1.165, 1.54) is 11.1 Å². The van der Waals surface area contributed by atoms with Gasteiger partial charge in [-0.3, -0.25) is 4.90 Å². The average molecular weight is 274 g/mol. The smallest absolute Gasteiger partial charge is 0.231 e. The van der Waals surface area contributed by atoms with Crippen molar-refractivity contribution in [2.75, 3.05) is 33.0 Å². The second-order valence-corrected chi connectivity index (χ2v) is 5.54. The minimum atomic E-state index is 0.325. The van der Waals surface area contributed by atoms with E-state index < -0.39 is 0 Å². The molecular weight excluding hydrogens is 252 g/mol. The first kappa shape index (κ1) is 13.5. The maximum absolute atomic E-state index is 5.69. The number of hydrogen-bond acceptors (Lipinski definition) is 4. The number of nitrogens with one attached hydrogen (secondary N) is 1. The molecule has 1 saturated heterocycles. The van der Waals surface area contributed by atoms with Crippen molar-refractivity contribution in [2.24, 2.45) is 0 Å². The number of piperazine rings is 1. The Morgan fingerprint density at radius 3 is 2.90 bits per heavy atom. The minimum Gasteiger partial charge on any atom is -0.454 e. The van der Waals surface area contributed by atoms with E-state index in [-0.39, 0.29) is 0 Å². The lowest BCUT2D eigenvalue weighted by atomic mass is 9.97.